The average molecular weight is 457 g/mol. The lowest BCUT2D eigenvalue weighted by Gasteiger charge is -2.28. The second-order valence-electron chi connectivity index (χ2n) is 8.11. The highest BCUT2D eigenvalue weighted by atomic mass is 16.6. The Balaban J connectivity index is 1.72. The van der Waals surface area contributed by atoms with Gasteiger partial charge in [-0.25, -0.2) is 0 Å². The van der Waals surface area contributed by atoms with Crippen molar-refractivity contribution >= 4 is 23.1 Å². The number of hydrogen-bond acceptors (Lipinski definition) is 6. The SMILES string of the molecule is COc1ccccc1C1/C(=C(\O)c2ccc(C)cc2)C(=O)C(=O)N1c1ccc2c(c1)OCCO2. The number of fused-ring (bicyclic) bond motifs is 1. The summed E-state index contributed by atoms with van der Waals surface area (Å²) in [6, 6.07) is 18.4. The highest BCUT2D eigenvalue weighted by Crippen LogP contribution is 2.46. The van der Waals surface area contributed by atoms with Crippen molar-refractivity contribution in [3.8, 4) is 17.2 Å². The molecule has 0 aromatic heterocycles. The zero-order chi connectivity index (χ0) is 23.8. The number of amides is 1. The van der Waals surface area contributed by atoms with Crippen LogP contribution in [-0.4, -0.2) is 37.1 Å². The van der Waals surface area contributed by atoms with Gasteiger partial charge in [0.25, 0.3) is 11.7 Å². The molecule has 0 saturated carbocycles. The van der Waals surface area contributed by atoms with Crippen LogP contribution in [0.5, 0.6) is 17.2 Å². The monoisotopic (exact) mass is 457 g/mol. The molecule has 3 aromatic rings. The van der Waals surface area contributed by atoms with E-state index >= 15 is 0 Å². The molecule has 0 spiro atoms. The minimum atomic E-state index is -0.903. The van der Waals surface area contributed by atoms with E-state index in [0.717, 1.165) is 5.56 Å². The number of benzene rings is 3. The largest absolute Gasteiger partial charge is 0.507 e. The Bertz CT molecular complexity index is 1310. The van der Waals surface area contributed by atoms with Gasteiger partial charge in [0, 0.05) is 22.9 Å². The molecule has 0 radical (unpaired) electrons. The summed E-state index contributed by atoms with van der Waals surface area (Å²) >= 11 is 0. The molecule has 2 aliphatic heterocycles. The molecule has 0 aliphatic carbocycles. The Kier molecular flexibility index (Phi) is 5.45. The van der Waals surface area contributed by atoms with Gasteiger partial charge >= 0.3 is 0 Å². The zero-order valence-electron chi connectivity index (χ0n) is 18.8. The van der Waals surface area contributed by atoms with Crippen LogP contribution in [0.3, 0.4) is 0 Å². The van der Waals surface area contributed by atoms with Gasteiger partial charge in [-0.1, -0.05) is 48.0 Å². The van der Waals surface area contributed by atoms with Crippen LogP contribution in [0.15, 0.2) is 72.3 Å². The van der Waals surface area contributed by atoms with E-state index in [1.807, 2.05) is 19.1 Å². The third-order valence-electron chi connectivity index (χ3n) is 6.01. The lowest BCUT2D eigenvalue weighted by molar-refractivity contribution is -0.132. The van der Waals surface area contributed by atoms with Gasteiger partial charge in [0.1, 0.15) is 24.7 Å². The van der Waals surface area contributed by atoms with Crippen LogP contribution >= 0.6 is 0 Å². The van der Waals surface area contributed by atoms with E-state index in [4.69, 9.17) is 14.2 Å². The van der Waals surface area contributed by atoms with Crippen molar-refractivity contribution in [3.63, 3.8) is 0 Å². The number of carbonyl (C=O) groups excluding carboxylic acids is 2. The standard InChI is InChI=1S/C27H23NO6/c1-16-7-9-17(10-8-16)25(29)23-24(19-5-3-4-6-20(19)32-2)28(27(31)26(23)30)18-11-12-21-22(15-18)34-14-13-33-21/h3-12,15,24,29H,13-14H2,1-2H3/b25-23+. The first kappa shape index (κ1) is 21.6. The number of rotatable bonds is 4. The third-order valence-corrected chi connectivity index (χ3v) is 6.01. The molecule has 1 fully saturated rings. The van der Waals surface area contributed by atoms with Crippen molar-refractivity contribution in [2.45, 2.75) is 13.0 Å². The maximum Gasteiger partial charge on any atom is 0.300 e. The number of para-hydroxylation sites is 1. The van der Waals surface area contributed by atoms with E-state index in [1.54, 1.807) is 54.6 Å². The van der Waals surface area contributed by atoms with Gasteiger partial charge in [0.2, 0.25) is 0 Å². The number of nitrogens with zero attached hydrogens (tertiary/aromatic N) is 1. The molecule has 5 rings (SSSR count). The molecule has 3 aromatic carbocycles. The average Bonchev–Trinajstić information content (AvgIpc) is 3.13. The number of methoxy groups -OCH3 is 1. The number of hydrogen-bond donors (Lipinski definition) is 1. The summed E-state index contributed by atoms with van der Waals surface area (Å²) in [5, 5.41) is 11.2. The number of ether oxygens (including phenoxy) is 3. The van der Waals surface area contributed by atoms with Crippen molar-refractivity contribution in [2.75, 3.05) is 25.2 Å². The number of aliphatic hydroxyl groups excluding tert-OH is 1. The number of carbonyl (C=O) groups is 2. The molecular weight excluding hydrogens is 434 g/mol. The van der Waals surface area contributed by atoms with E-state index < -0.39 is 17.7 Å². The number of ketones is 1. The number of aliphatic hydroxyl groups is 1. The molecular formula is C27H23NO6. The van der Waals surface area contributed by atoms with Crippen LogP contribution in [0.2, 0.25) is 0 Å². The Labute approximate surface area is 196 Å². The summed E-state index contributed by atoms with van der Waals surface area (Å²) in [4.78, 5) is 28.1. The highest BCUT2D eigenvalue weighted by Gasteiger charge is 2.48. The van der Waals surface area contributed by atoms with E-state index in [0.29, 0.717) is 47.3 Å². The van der Waals surface area contributed by atoms with E-state index in [1.165, 1.54) is 12.0 Å². The lowest BCUT2D eigenvalue weighted by atomic mass is 9.94. The summed E-state index contributed by atoms with van der Waals surface area (Å²) < 4.78 is 16.8. The Morgan fingerprint density at radius 3 is 2.41 bits per heavy atom. The first-order chi connectivity index (χ1) is 16.5. The molecule has 0 bridgehead atoms. The molecule has 1 N–H and O–H groups in total. The molecule has 1 unspecified atom stereocenters. The number of Topliss-reactive ketones (excluding diaryl/α,β-unsaturated/α-hetero) is 1. The van der Waals surface area contributed by atoms with Crippen molar-refractivity contribution in [1.82, 2.24) is 0 Å². The summed E-state index contributed by atoms with van der Waals surface area (Å²) in [5.41, 5.74) is 2.48. The number of aryl methyl sites for hydroxylation is 1. The van der Waals surface area contributed by atoms with Crippen molar-refractivity contribution in [1.29, 1.82) is 0 Å². The van der Waals surface area contributed by atoms with Crippen LogP contribution in [-0.2, 0) is 9.59 Å². The molecule has 1 saturated heterocycles. The molecule has 1 amide bonds. The van der Waals surface area contributed by atoms with E-state index in [9.17, 15) is 14.7 Å². The normalized spacial score (nSPS) is 18.8. The van der Waals surface area contributed by atoms with E-state index in [-0.39, 0.29) is 11.3 Å². The maximum atomic E-state index is 13.4. The minimum Gasteiger partial charge on any atom is -0.507 e. The van der Waals surface area contributed by atoms with Crippen LogP contribution in [0.25, 0.3) is 5.76 Å². The van der Waals surface area contributed by atoms with Crippen LogP contribution in [0, 0.1) is 6.92 Å². The van der Waals surface area contributed by atoms with Crippen molar-refractivity contribution in [3.05, 3.63) is 89.0 Å². The topological polar surface area (TPSA) is 85.3 Å². The molecule has 172 valence electrons. The van der Waals surface area contributed by atoms with E-state index in [2.05, 4.69) is 0 Å². The highest BCUT2D eigenvalue weighted by molar-refractivity contribution is 6.51. The first-order valence-electron chi connectivity index (χ1n) is 10.9. The fourth-order valence-corrected chi connectivity index (χ4v) is 4.33. The van der Waals surface area contributed by atoms with Gasteiger partial charge in [-0.2, -0.15) is 0 Å². The summed E-state index contributed by atoms with van der Waals surface area (Å²) in [5.74, 6) is -0.214. The molecule has 7 nitrogen and oxygen atoms in total. The Hall–Kier alpha value is -4.26. The third kappa shape index (κ3) is 3.55. The van der Waals surface area contributed by atoms with Gasteiger partial charge in [0.05, 0.1) is 18.7 Å². The summed E-state index contributed by atoms with van der Waals surface area (Å²) in [6.45, 7) is 2.76. The predicted molar refractivity (Wildman–Crippen MR) is 126 cm³/mol. The van der Waals surface area contributed by atoms with Crippen molar-refractivity contribution in [2.24, 2.45) is 0 Å². The summed E-state index contributed by atoms with van der Waals surface area (Å²) in [7, 11) is 1.52. The Morgan fingerprint density at radius 1 is 0.971 bits per heavy atom. The second kappa shape index (κ2) is 8.59. The first-order valence-corrected chi connectivity index (χ1v) is 10.9. The van der Waals surface area contributed by atoms with Gasteiger partial charge in [-0.15, -0.1) is 0 Å². The molecule has 2 heterocycles. The van der Waals surface area contributed by atoms with Crippen LogP contribution in [0.4, 0.5) is 5.69 Å². The zero-order valence-corrected chi connectivity index (χ0v) is 18.8. The molecule has 7 heteroatoms. The van der Waals surface area contributed by atoms with Gasteiger partial charge in [-0.05, 0) is 25.1 Å². The van der Waals surface area contributed by atoms with Crippen molar-refractivity contribution < 1.29 is 28.9 Å². The fourth-order valence-electron chi connectivity index (χ4n) is 4.33. The maximum absolute atomic E-state index is 13.4. The van der Waals surface area contributed by atoms with Gasteiger partial charge in [-0.3, -0.25) is 14.5 Å². The van der Waals surface area contributed by atoms with Crippen LogP contribution < -0.4 is 19.1 Å². The molecule has 2 aliphatic rings. The molecule has 34 heavy (non-hydrogen) atoms. The number of anilines is 1. The Morgan fingerprint density at radius 2 is 1.68 bits per heavy atom. The van der Waals surface area contributed by atoms with Crippen LogP contribution in [0.1, 0.15) is 22.7 Å². The smallest absolute Gasteiger partial charge is 0.300 e. The summed E-state index contributed by atoms with van der Waals surface area (Å²) in [6.07, 6.45) is 0. The second-order valence-corrected chi connectivity index (χ2v) is 8.11. The lowest BCUT2D eigenvalue weighted by Crippen LogP contribution is -2.30. The van der Waals surface area contributed by atoms with Gasteiger partial charge < -0.3 is 19.3 Å². The minimum absolute atomic E-state index is 0.00626. The van der Waals surface area contributed by atoms with Gasteiger partial charge in [0.15, 0.2) is 11.5 Å². The predicted octanol–water partition coefficient (Wildman–Crippen LogP) is 4.40. The quantitative estimate of drug-likeness (QED) is 0.355. The molecule has 1 atom stereocenters. The fraction of sp³-hybridized carbons (Fsp3) is 0.185.